The molecular weight excluding hydrogens is 389 g/mol. The SMILES string of the molecule is O=C(c1ccc(C(F)(F)F)cc1)[C@@H]1CCCN(C(=O)CSc2ccccn2)C1. The lowest BCUT2D eigenvalue weighted by atomic mass is 9.89. The van der Waals surface area contributed by atoms with Crippen LogP contribution < -0.4 is 0 Å². The fourth-order valence-corrected chi connectivity index (χ4v) is 3.90. The van der Waals surface area contributed by atoms with Gasteiger partial charge in [0.25, 0.3) is 0 Å². The Morgan fingerprint density at radius 3 is 2.54 bits per heavy atom. The Labute approximate surface area is 165 Å². The number of hydrogen-bond acceptors (Lipinski definition) is 4. The topological polar surface area (TPSA) is 50.3 Å². The first-order valence-corrected chi connectivity index (χ1v) is 9.86. The number of likely N-dealkylation sites (tertiary alicyclic amines) is 1. The summed E-state index contributed by atoms with van der Waals surface area (Å²) in [7, 11) is 0. The van der Waals surface area contributed by atoms with E-state index < -0.39 is 17.7 Å². The van der Waals surface area contributed by atoms with Crippen LogP contribution in [0.2, 0.25) is 0 Å². The third-order valence-corrected chi connectivity index (χ3v) is 5.55. The molecule has 4 nitrogen and oxygen atoms in total. The smallest absolute Gasteiger partial charge is 0.341 e. The van der Waals surface area contributed by atoms with Crippen molar-refractivity contribution in [2.24, 2.45) is 5.92 Å². The molecule has 0 N–H and O–H groups in total. The molecule has 8 heteroatoms. The largest absolute Gasteiger partial charge is 0.416 e. The molecule has 0 radical (unpaired) electrons. The number of nitrogens with zero attached hydrogens (tertiary/aromatic N) is 2. The minimum Gasteiger partial charge on any atom is -0.341 e. The molecule has 0 unspecified atom stereocenters. The molecular formula is C20H19F3N2O2S. The highest BCUT2D eigenvalue weighted by Crippen LogP contribution is 2.30. The summed E-state index contributed by atoms with van der Waals surface area (Å²) in [5.74, 6) is -0.448. The molecule has 1 aromatic carbocycles. The minimum atomic E-state index is -4.43. The summed E-state index contributed by atoms with van der Waals surface area (Å²) in [5.41, 5.74) is -0.536. The Hall–Kier alpha value is -2.35. The number of piperidine rings is 1. The fraction of sp³-hybridized carbons (Fsp3) is 0.350. The van der Waals surface area contributed by atoms with Crippen molar-refractivity contribution in [3.05, 3.63) is 59.8 Å². The number of halogens is 3. The van der Waals surface area contributed by atoms with Gasteiger partial charge in [0, 0.05) is 30.8 Å². The van der Waals surface area contributed by atoms with Crippen LogP contribution in [0.5, 0.6) is 0 Å². The van der Waals surface area contributed by atoms with Crippen LogP contribution in [0.4, 0.5) is 13.2 Å². The zero-order valence-electron chi connectivity index (χ0n) is 15.0. The highest BCUT2D eigenvalue weighted by molar-refractivity contribution is 7.99. The number of hydrogen-bond donors (Lipinski definition) is 0. The van der Waals surface area contributed by atoms with Crippen molar-refractivity contribution in [2.45, 2.75) is 24.0 Å². The summed E-state index contributed by atoms with van der Waals surface area (Å²) in [6.07, 6.45) is -1.46. The van der Waals surface area contributed by atoms with E-state index in [4.69, 9.17) is 0 Å². The van der Waals surface area contributed by atoms with Crippen LogP contribution in [-0.4, -0.2) is 40.4 Å². The van der Waals surface area contributed by atoms with Crippen molar-refractivity contribution < 1.29 is 22.8 Å². The maximum atomic E-state index is 12.7. The van der Waals surface area contributed by atoms with Gasteiger partial charge in [-0.1, -0.05) is 30.0 Å². The fourth-order valence-electron chi connectivity index (χ4n) is 3.14. The summed E-state index contributed by atoms with van der Waals surface area (Å²) >= 11 is 1.34. The molecule has 2 aromatic rings. The van der Waals surface area contributed by atoms with Crippen molar-refractivity contribution >= 4 is 23.5 Å². The summed E-state index contributed by atoms with van der Waals surface area (Å²) in [4.78, 5) is 31.0. The highest BCUT2D eigenvalue weighted by Gasteiger charge is 2.32. The van der Waals surface area contributed by atoms with Crippen LogP contribution in [-0.2, 0) is 11.0 Å². The van der Waals surface area contributed by atoms with Crippen molar-refractivity contribution in [2.75, 3.05) is 18.8 Å². The lowest BCUT2D eigenvalue weighted by molar-refractivity contribution is -0.137. The van der Waals surface area contributed by atoms with Crippen molar-refractivity contribution in [1.82, 2.24) is 9.88 Å². The van der Waals surface area contributed by atoms with Crippen LogP contribution in [0, 0.1) is 5.92 Å². The molecule has 1 saturated heterocycles. The number of Topliss-reactive ketones (excluding diaryl/α,β-unsaturated/α-hetero) is 1. The summed E-state index contributed by atoms with van der Waals surface area (Å²) in [5, 5.41) is 0.755. The number of amides is 1. The van der Waals surface area contributed by atoms with Gasteiger partial charge in [-0.15, -0.1) is 0 Å². The number of carbonyl (C=O) groups excluding carboxylic acids is 2. The Morgan fingerprint density at radius 1 is 1.14 bits per heavy atom. The lowest BCUT2D eigenvalue weighted by Crippen LogP contribution is -2.43. The van der Waals surface area contributed by atoms with Gasteiger partial charge in [0.2, 0.25) is 5.91 Å². The molecule has 1 aliphatic heterocycles. The standard InChI is InChI=1S/C20H19F3N2O2S/c21-20(22,23)16-8-6-14(7-9-16)19(27)15-4-3-11-25(12-15)18(26)13-28-17-5-1-2-10-24-17/h1-2,5-10,15H,3-4,11-13H2/t15-/m1/s1. The number of alkyl halides is 3. The monoisotopic (exact) mass is 408 g/mol. The minimum absolute atomic E-state index is 0.0689. The second-order valence-electron chi connectivity index (χ2n) is 6.57. The number of pyridine rings is 1. The Balaban J connectivity index is 1.59. The molecule has 28 heavy (non-hydrogen) atoms. The summed E-state index contributed by atoms with van der Waals surface area (Å²) in [6, 6.07) is 9.73. The number of rotatable bonds is 5. The number of aromatic nitrogens is 1. The maximum Gasteiger partial charge on any atom is 0.416 e. The van der Waals surface area contributed by atoms with Crippen LogP contribution in [0.3, 0.4) is 0 Å². The molecule has 2 heterocycles. The predicted molar refractivity (Wildman–Crippen MR) is 100 cm³/mol. The van der Waals surface area contributed by atoms with E-state index in [0.717, 1.165) is 17.2 Å². The van der Waals surface area contributed by atoms with E-state index in [1.807, 2.05) is 12.1 Å². The number of carbonyl (C=O) groups is 2. The van der Waals surface area contributed by atoms with Gasteiger partial charge in [-0.2, -0.15) is 13.2 Å². The molecule has 1 fully saturated rings. The van der Waals surface area contributed by atoms with Crippen LogP contribution in [0.1, 0.15) is 28.8 Å². The molecule has 1 aliphatic rings. The van der Waals surface area contributed by atoms with Gasteiger partial charge in [-0.25, -0.2) is 4.98 Å². The first-order chi connectivity index (χ1) is 13.3. The van der Waals surface area contributed by atoms with E-state index >= 15 is 0 Å². The lowest BCUT2D eigenvalue weighted by Gasteiger charge is -2.32. The molecule has 3 rings (SSSR count). The molecule has 1 atom stereocenters. The molecule has 1 amide bonds. The Kier molecular flexibility index (Phi) is 6.39. The van der Waals surface area contributed by atoms with Crippen molar-refractivity contribution in [3.63, 3.8) is 0 Å². The zero-order valence-corrected chi connectivity index (χ0v) is 15.8. The quantitative estimate of drug-likeness (QED) is 0.546. The average Bonchev–Trinajstić information content (AvgIpc) is 2.72. The average molecular weight is 408 g/mol. The van der Waals surface area contributed by atoms with E-state index in [-0.39, 0.29) is 23.0 Å². The van der Waals surface area contributed by atoms with Gasteiger partial charge in [0.05, 0.1) is 16.3 Å². The van der Waals surface area contributed by atoms with E-state index in [1.165, 1.54) is 23.9 Å². The molecule has 0 spiro atoms. The van der Waals surface area contributed by atoms with Gasteiger partial charge < -0.3 is 4.90 Å². The van der Waals surface area contributed by atoms with Crippen LogP contribution in [0.25, 0.3) is 0 Å². The van der Waals surface area contributed by atoms with E-state index in [0.29, 0.717) is 25.9 Å². The Bertz CT molecular complexity index is 826. The molecule has 0 aliphatic carbocycles. The van der Waals surface area contributed by atoms with Gasteiger partial charge in [-0.05, 0) is 37.1 Å². The number of ketones is 1. The molecule has 0 saturated carbocycles. The number of benzene rings is 1. The van der Waals surface area contributed by atoms with Crippen LogP contribution in [0.15, 0.2) is 53.7 Å². The molecule has 148 valence electrons. The second-order valence-corrected chi connectivity index (χ2v) is 7.57. The van der Waals surface area contributed by atoms with Gasteiger partial charge in [-0.3, -0.25) is 9.59 Å². The summed E-state index contributed by atoms with van der Waals surface area (Å²) < 4.78 is 38.0. The maximum absolute atomic E-state index is 12.7. The van der Waals surface area contributed by atoms with Gasteiger partial charge in [0.1, 0.15) is 0 Å². The summed E-state index contributed by atoms with van der Waals surface area (Å²) in [6.45, 7) is 0.875. The van der Waals surface area contributed by atoms with E-state index in [2.05, 4.69) is 4.98 Å². The predicted octanol–water partition coefficient (Wildman–Crippen LogP) is 4.31. The first-order valence-electron chi connectivity index (χ1n) is 8.87. The number of thioether (sulfide) groups is 1. The van der Waals surface area contributed by atoms with Gasteiger partial charge >= 0.3 is 6.18 Å². The molecule has 1 aromatic heterocycles. The normalized spacial score (nSPS) is 17.4. The van der Waals surface area contributed by atoms with E-state index in [9.17, 15) is 22.8 Å². The highest BCUT2D eigenvalue weighted by atomic mass is 32.2. The van der Waals surface area contributed by atoms with Crippen molar-refractivity contribution in [3.8, 4) is 0 Å². The second kappa shape index (κ2) is 8.77. The van der Waals surface area contributed by atoms with Crippen molar-refractivity contribution in [1.29, 1.82) is 0 Å². The zero-order chi connectivity index (χ0) is 20.1. The third-order valence-electron chi connectivity index (χ3n) is 4.62. The van der Waals surface area contributed by atoms with Gasteiger partial charge in [0.15, 0.2) is 5.78 Å². The molecule has 0 bridgehead atoms. The van der Waals surface area contributed by atoms with E-state index in [1.54, 1.807) is 17.2 Å². The Morgan fingerprint density at radius 2 is 1.89 bits per heavy atom. The third kappa shape index (κ3) is 5.13. The van der Waals surface area contributed by atoms with Crippen LogP contribution >= 0.6 is 11.8 Å². The first kappa shape index (κ1) is 20.4.